The third kappa shape index (κ3) is 8.79. The lowest BCUT2D eigenvalue weighted by Gasteiger charge is -2.14. The van der Waals surface area contributed by atoms with Gasteiger partial charge in [-0.2, -0.15) is 39.5 Å². The Morgan fingerprint density at radius 2 is 1.55 bits per heavy atom. The van der Waals surface area contributed by atoms with Gasteiger partial charge in [0.1, 0.15) is 6.61 Å². The highest BCUT2D eigenvalue weighted by molar-refractivity contribution is 7.60. The number of oxime groups is 1. The van der Waals surface area contributed by atoms with E-state index in [1.54, 1.807) is 19.9 Å². The van der Waals surface area contributed by atoms with Crippen LogP contribution in [0.5, 0.6) is 0 Å². The first kappa shape index (κ1) is 26.1. The van der Waals surface area contributed by atoms with E-state index in [4.69, 9.17) is 18.0 Å². The summed E-state index contributed by atoms with van der Waals surface area (Å²) in [4.78, 5) is 5.09. The highest BCUT2D eigenvalue weighted by Gasteiger charge is 2.34. The summed E-state index contributed by atoms with van der Waals surface area (Å²) in [6.45, 7) is 3.04. The van der Waals surface area contributed by atoms with Crippen LogP contribution in [0.15, 0.2) is 47.6 Å². The predicted octanol–water partition coefficient (Wildman–Crippen LogP) is 5.99. The van der Waals surface area contributed by atoms with Gasteiger partial charge in [-0.05, 0) is 37.1 Å². The Labute approximate surface area is 175 Å². The van der Waals surface area contributed by atoms with Gasteiger partial charge in [0.2, 0.25) is 0 Å². The number of halogens is 6. The van der Waals surface area contributed by atoms with Crippen LogP contribution in [0.25, 0.3) is 0 Å². The zero-order valence-electron chi connectivity index (χ0n) is 16.3. The quantitative estimate of drug-likeness (QED) is 0.333. The number of benzene rings is 2. The Morgan fingerprint density at radius 1 is 1.00 bits per heavy atom. The van der Waals surface area contributed by atoms with E-state index < -0.39 is 34.0 Å². The van der Waals surface area contributed by atoms with Gasteiger partial charge < -0.3 is 4.84 Å². The lowest BCUT2D eigenvalue weighted by molar-refractivity contribution is -0.138. The fraction of sp³-hybridized carbons (Fsp3) is 0.316. The van der Waals surface area contributed by atoms with Gasteiger partial charge >= 0.3 is 22.9 Å². The van der Waals surface area contributed by atoms with Gasteiger partial charge in [0.15, 0.2) is 0 Å². The summed E-state index contributed by atoms with van der Waals surface area (Å²) < 4.78 is 100. The molecule has 12 heteroatoms. The van der Waals surface area contributed by atoms with Crippen LogP contribution >= 0.6 is 0 Å². The number of alkyl halides is 6. The summed E-state index contributed by atoms with van der Waals surface area (Å²) in [5.41, 5.74) is -0.689. The van der Waals surface area contributed by atoms with Crippen molar-refractivity contribution in [3.63, 3.8) is 0 Å². The van der Waals surface area contributed by atoms with E-state index >= 15 is 0 Å². The smallest absolute Gasteiger partial charge is 0.391 e. The van der Waals surface area contributed by atoms with Crippen molar-refractivity contribution in [1.29, 1.82) is 4.78 Å². The van der Waals surface area contributed by atoms with E-state index in [2.05, 4.69) is 5.16 Å². The van der Waals surface area contributed by atoms with Crippen molar-refractivity contribution in [2.75, 3.05) is 0 Å². The molecule has 1 N–H and O–H groups in total. The molecular formula is C19H18F6N2O3S. The number of hydrogen-bond acceptors (Lipinski definition) is 5. The van der Waals surface area contributed by atoms with Gasteiger partial charge in [-0.1, -0.05) is 41.9 Å². The van der Waals surface area contributed by atoms with Gasteiger partial charge in [-0.15, -0.1) is 0 Å². The average Bonchev–Trinajstić information content (AvgIpc) is 2.64. The largest absolute Gasteiger partial charge is 0.417 e. The van der Waals surface area contributed by atoms with Gasteiger partial charge in [-0.25, -0.2) is 0 Å². The minimum absolute atomic E-state index is 0.0805. The second kappa shape index (κ2) is 10.9. The summed E-state index contributed by atoms with van der Waals surface area (Å²) in [7, 11) is -2.61. The average molecular weight is 468 g/mol. The molecule has 0 aromatic heterocycles. The Kier molecular flexibility index (Phi) is 9.22. The Bertz CT molecular complexity index is 1010. The third-order valence-electron chi connectivity index (χ3n) is 3.81. The van der Waals surface area contributed by atoms with Crippen molar-refractivity contribution < 1.29 is 39.6 Å². The summed E-state index contributed by atoms with van der Waals surface area (Å²) in [5, 5.41) is 3.78. The molecule has 31 heavy (non-hydrogen) atoms. The van der Waals surface area contributed by atoms with Crippen LogP contribution in [0.1, 0.15) is 41.2 Å². The Balaban J connectivity index is 0.00000110. The normalized spacial score (nSPS) is 12.1. The second-order valence-corrected chi connectivity index (χ2v) is 6.61. The molecule has 0 amide bonds. The highest BCUT2D eigenvalue weighted by atomic mass is 32.2. The molecule has 2 aromatic carbocycles. The maximum absolute atomic E-state index is 13.3. The maximum Gasteiger partial charge on any atom is 0.417 e. The molecule has 0 unspecified atom stereocenters. The Morgan fingerprint density at radius 3 is 2.00 bits per heavy atom. The van der Waals surface area contributed by atoms with E-state index in [9.17, 15) is 26.3 Å². The van der Waals surface area contributed by atoms with Crippen molar-refractivity contribution in [3.8, 4) is 0 Å². The molecule has 0 spiro atoms. The summed E-state index contributed by atoms with van der Waals surface area (Å²) in [5.74, 6) is 0. The first-order valence-electron chi connectivity index (χ1n) is 8.59. The van der Waals surface area contributed by atoms with Crippen molar-refractivity contribution >= 4 is 16.2 Å². The number of aryl methyl sites for hydroxylation is 1. The number of rotatable bonds is 5. The van der Waals surface area contributed by atoms with Crippen molar-refractivity contribution in [2.45, 2.75) is 39.2 Å². The van der Waals surface area contributed by atoms with Crippen LogP contribution in [-0.2, 0) is 34.3 Å². The zero-order chi connectivity index (χ0) is 23.8. The molecule has 5 nitrogen and oxygen atoms in total. The highest BCUT2D eigenvalue weighted by Crippen LogP contribution is 2.33. The zero-order valence-corrected chi connectivity index (χ0v) is 17.1. The second-order valence-electron chi connectivity index (χ2n) is 6.14. The number of nitrogens with one attached hydrogen (secondary N) is 1. The van der Waals surface area contributed by atoms with Crippen LogP contribution in [-0.4, -0.2) is 14.1 Å². The van der Waals surface area contributed by atoms with E-state index in [0.717, 1.165) is 18.2 Å². The molecule has 0 atom stereocenters. The molecule has 0 heterocycles. The lowest BCUT2D eigenvalue weighted by Crippen LogP contribution is -2.14. The molecule has 0 aliphatic rings. The van der Waals surface area contributed by atoms with Crippen molar-refractivity contribution in [2.24, 2.45) is 5.16 Å². The lowest BCUT2D eigenvalue weighted by atomic mass is 9.99. The number of nitrogens with zero attached hydrogens (tertiary/aromatic N) is 1. The molecule has 0 radical (unpaired) electrons. The molecule has 170 valence electrons. The van der Waals surface area contributed by atoms with Crippen LogP contribution < -0.4 is 0 Å². The van der Waals surface area contributed by atoms with Gasteiger partial charge in [-0.3, -0.25) is 0 Å². The summed E-state index contributed by atoms with van der Waals surface area (Å²) in [6.07, 6.45) is -8.78. The van der Waals surface area contributed by atoms with E-state index in [1.165, 1.54) is 18.2 Å². The summed E-state index contributed by atoms with van der Waals surface area (Å²) in [6, 6.07) is 8.20. The molecule has 0 aliphatic heterocycles. The van der Waals surface area contributed by atoms with E-state index in [1.807, 2.05) is 0 Å². The Hall–Kier alpha value is -2.89. The first-order chi connectivity index (χ1) is 14.3. The fourth-order valence-corrected chi connectivity index (χ4v) is 2.42. The van der Waals surface area contributed by atoms with Crippen molar-refractivity contribution in [1.82, 2.24) is 0 Å². The predicted molar refractivity (Wildman–Crippen MR) is 101 cm³/mol. The molecule has 0 bridgehead atoms. The minimum Gasteiger partial charge on any atom is -0.391 e. The monoisotopic (exact) mass is 468 g/mol. The van der Waals surface area contributed by atoms with Gasteiger partial charge in [0.05, 0.1) is 16.8 Å². The molecule has 0 saturated carbocycles. The molecule has 0 saturated heterocycles. The molecule has 0 fully saturated rings. The fourth-order valence-electron chi connectivity index (χ4n) is 2.42. The van der Waals surface area contributed by atoms with Crippen LogP contribution in [0.4, 0.5) is 26.3 Å². The standard InChI is InChI=1S/C19H17F6NO.HNO2S/c1-3-17(15-9-4-12(2)10-16(15)19(23,24)25)26-27-11-13-5-7-14(8-6-13)18(20,21)22;1-4(2)3/h4-10H,3,11H2,1-2H3;1H/b26-17+;. The minimum atomic E-state index is -4.54. The molecular weight excluding hydrogens is 450 g/mol. The first-order valence-corrected chi connectivity index (χ1v) is 9.66. The van der Waals surface area contributed by atoms with Crippen LogP contribution in [0.3, 0.4) is 0 Å². The van der Waals surface area contributed by atoms with Crippen LogP contribution in [0.2, 0.25) is 0 Å². The number of hydrogen-bond donors (Lipinski definition) is 1. The topological polar surface area (TPSA) is 79.6 Å². The maximum atomic E-state index is 13.3. The SMILES string of the molecule is CC/C(=N\OCc1ccc(C(F)(F)F)cc1)c1ccc(C)cc1C(F)(F)F.N=S(=O)=O. The van der Waals surface area contributed by atoms with Gasteiger partial charge in [0, 0.05) is 5.56 Å². The van der Waals surface area contributed by atoms with Crippen molar-refractivity contribution in [3.05, 3.63) is 70.3 Å². The molecule has 2 rings (SSSR count). The molecule has 0 aliphatic carbocycles. The van der Waals surface area contributed by atoms with Crippen LogP contribution in [0, 0.1) is 11.7 Å². The third-order valence-corrected chi connectivity index (χ3v) is 3.81. The van der Waals surface area contributed by atoms with E-state index in [0.29, 0.717) is 11.1 Å². The molecule has 2 aromatic rings. The van der Waals surface area contributed by atoms with E-state index in [-0.39, 0.29) is 24.3 Å². The summed E-state index contributed by atoms with van der Waals surface area (Å²) >= 11 is 0. The van der Waals surface area contributed by atoms with Gasteiger partial charge in [0.25, 0.3) is 0 Å².